The van der Waals surface area contributed by atoms with Gasteiger partial charge in [0.05, 0.1) is 0 Å². The first-order chi connectivity index (χ1) is 9.49. The molecule has 0 amide bonds. The monoisotopic (exact) mass is 282 g/mol. The highest BCUT2D eigenvalue weighted by atomic mass is 15.1. The average molecular weight is 283 g/mol. The van der Waals surface area contributed by atoms with Crippen molar-refractivity contribution in [1.82, 2.24) is 10.2 Å². The Hall–Kier alpha value is -0.0800. The van der Waals surface area contributed by atoms with Crippen LogP contribution in [0.4, 0.5) is 0 Å². The van der Waals surface area contributed by atoms with Gasteiger partial charge in [0.1, 0.15) is 0 Å². The fourth-order valence-corrected chi connectivity index (χ4v) is 3.61. The maximum atomic E-state index is 3.67. The van der Waals surface area contributed by atoms with Crippen molar-refractivity contribution in [2.45, 2.75) is 79.2 Å². The summed E-state index contributed by atoms with van der Waals surface area (Å²) in [6.45, 7) is 16.7. The number of likely N-dealkylation sites (tertiary alicyclic amines) is 1. The van der Waals surface area contributed by atoms with Gasteiger partial charge in [0, 0.05) is 19.1 Å². The first kappa shape index (κ1) is 18.0. The van der Waals surface area contributed by atoms with Crippen LogP contribution in [0.15, 0.2) is 0 Å². The van der Waals surface area contributed by atoms with Crippen LogP contribution in [0.1, 0.15) is 73.1 Å². The van der Waals surface area contributed by atoms with Gasteiger partial charge >= 0.3 is 0 Å². The molecule has 2 atom stereocenters. The minimum Gasteiger partial charge on any atom is -0.314 e. The fraction of sp³-hybridized carbons (Fsp3) is 1.00. The molecule has 0 aromatic carbocycles. The number of hydrogen-bond donors (Lipinski definition) is 1. The zero-order chi connectivity index (χ0) is 15.0. The Kier molecular flexibility index (Phi) is 8.13. The molecular formula is C18H38N2. The van der Waals surface area contributed by atoms with Crippen molar-refractivity contribution in [3.8, 4) is 0 Å². The number of nitrogens with zero attached hydrogens (tertiary/aromatic N) is 1. The standard InChI is InChI=1S/C18H38N2/c1-6-11-18(5,14-19-16(3)4)15-20-12-8-9-17(7-2)10-13-20/h16-17,19H,6-15H2,1-5H3. The zero-order valence-electron chi connectivity index (χ0n) is 14.7. The Morgan fingerprint density at radius 3 is 2.55 bits per heavy atom. The lowest BCUT2D eigenvalue weighted by molar-refractivity contribution is 0.149. The number of hydrogen-bond acceptors (Lipinski definition) is 2. The molecule has 2 unspecified atom stereocenters. The van der Waals surface area contributed by atoms with Crippen LogP contribution in [0.2, 0.25) is 0 Å². The Balaban J connectivity index is 2.51. The molecule has 20 heavy (non-hydrogen) atoms. The number of nitrogens with one attached hydrogen (secondary N) is 1. The third-order valence-electron chi connectivity index (χ3n) is 4.91. The van der Waals surface area contributed by atoms with Crippen LogP contribution < -0.4 is 5.32 Å². The van der Waals surface area contributed by atoms with E-state index in [2.05, 4.69) is 44.8 Å². The van der Waals surface area contributed by atoms with Crippen molar-refractivity contribution >= 4 is 0 Å². The van der Waals surface area contributed by atoms with E-state index >= 15 is 0 Å². The van der Waals surface area contributed by atoms with E-state index in [1.807, 2.05) is 0 Å². The predicted octanol–water partition coefficient (Wildman–Crippen LogP) is 4.30. The van der Waals surface area contributed by atoms with Crippen LogP contribution in [0, 0.1) is 11.3 Å². The van der Waals surface area contributed by atoms with Gasteiger partial charge in [-0.25, -0.2) is 0 Å². The van der Waals surface area contributed by atoms with Crippen LogP contribution in [0.5, 0.6) is 0 Å². The van der Waals surface area contributed by atoms with Crippen molar-refractivity contribution in [3.63, 3.8) is 0 Å². The third kappa shape index (κ3) is 6.58. The van der Waals surface area contributed by atoms with Crippen molar-refractivity contribution in [2.75, 3.05) is 26.2 Å². The maximum Gasteiger partial charge on any atom is 0.00475 e. The summed E-state index contributed by atoms with van der Waals surface area (Å²) in [5.41, 5.74) is 0.436. The van der Waals surface area contributed by atoms with E-state index in [4.69, 9.17) is 0 Å². The molecule has 0 bridgehead atoms. The molecule has 0 spiro atoms. The van der Waals surface area contributed by atoms with Gasteiger partial charge in [-0.3, -0.25) is 0 Å². The summed E-state index contributed by atoms with van der Waals surface area (Å²) >= 11 is 0. The van der Waals surface area contributed by atoms with Gasteiger partial charge in [-0.05, 0) is 50.1 Å². The molecule has 1 heterocycles. The fourth-order valence-electron chi connectivity index (χ4n) is 3.61. The van der Waals surface area contributed by atoms with Gasteiger partial charge in [0.15, 0.2) is 0 Å². The van der Waals surface area contributed by atoms with Crippen molar-refractivity contribution < 1.29 is 0 Å². The van der Waals surface area contributed by atoms with E-state index in [-0.39, 0.29) is 0 Å². The topological polar surface area (TPSA) is 15.3 Å². The van der Waals surface area contributed by atoms with E-state index in [9.17, 15) is 0 Å². The summed E-state index contributed by atoms with van der Waals surface area (Å²) < 4.78 is 0. The summed E-state index contributed by atoms with van der Waals surface area (Å²) in [5, 5.41) is 3.67. The number of rotatable bonds is 8. The van der Waals surface area contributed by atoms with Crippen LogP contribution in [0.3, 0.4) is 0 Å². The molecule has 1 N–H and O–H groups in total. The van der Waals surface area contributed by atoms with Gasteiger partial charge in [0.25, 0.3) is 0 Å². The second kappa shape index (κ2) is 9.04. The Labute approximate surface area is 127 Å². The summed E-state index contributed by atoms with van der Waals surface area (Å²) in [4.78, 5) is 2.74. The minimum atomic E-state index is 0.436. The minimum absolute atomic E-state index is 0.436. The maximum absolute atomic E-state index is 3.67. The van der Waals surface area contributed by atoms with Gasteiger partial charge in [-0.1, -0.05) is 47.5 Å². The second-order valence-corrected chi connectivity index (χ2v) is 7.58. The van der Waals surface area contributed by atoms with Crippen molar-refractivity contribution in [2.24, 2.45) is 11.3 Å². The molecule has 1 saturated heterocycles. The molecule has 2 nitrogen and oxygen atoms in total. The molecule has 1 aliphatic rings. The van der Waals surface area contributed by atoms with E-state index in [0.29, 0.717) is 11.5 Å². The lowest BCUT2D eigenvalue weighted by Gasteiger charge is -2.36. The summed E-state index contributed by atoms with van der Waals surface area (Å²) in [7, 11) is 0. The van der Waals surface area contributed by atoms with E-state index in [1.165, 1.54) is 58.2 Å². The van der Waals surface area contributed by atoms with Crippen LogP contribution >= 0.6 is 0 Å². The highest BCUT2D eigenvalue weighted by Crippen LogP contribution is 2.27. The van der Waals surface area contributed by atoms with E-state index in [1.54, 1.807) is 0 Å². The Morgan fingerprint density at radius 2 is 1.95 bits per heavy atom. The highest BCUT2D eigenvalue weighted by Gasteiger charge is 2.27. The molecule has 0 aliphatic carbocycles. The molecule has 120 valence electrons. The first-order valence-electron chi connectivity index (χ1n) is 8.95. The van der Waals surface area contributed by atoms with Crippen LogP contribution in [-0.2, 0) is 0 Å². The molecule has 0 radical (unpaired) electrons. The summed E-state index contributed by atoms with van der Waals surface area (Å²) in [6.07, 6.45) is 8.26. The molecule has 0 aromatic rings. The molecule has 1 fully saturated rings. The normalized spacial score (nSPS) is 24.6. The molecule has 1 aliphatic heterocycles. The molecule has 0 saturated carbocycles. The summed E-state index contributed by atoms with van der Waals surface area (Å²) in [5.74, 6) is 0.978. The van der Waals surface area contributed by atoms with Gasteiger partial charge < -0.3 is 10.2 Å². The largest absolute Gasteiger partial charge is 0.314 e. The first-order valence-corrected chi connectivity index (χ1v) is 8.95. The van der Waals surface area contributed by atoms with Crippen molar-refractivity contribution in [3.05, 3.63) is 0 Å². The predicted molar refractivity (Wildman–Crippen MR) is 90.2 cm³/mol. The lowest BCUT2D eigenvalue weighted by Crippen LogP contribution is -2.44. The SMILES string of the molecule is CCCC(C)(CNC(C)C)CN1CCCC(CC)CC1. The lowest BCUT2D eigenvalue weighted by atomic mass is 9.84. The van der Waals surface area contributed by atoms with Crippen LogP contribution in [-0.4, -0.2) is 37.1 Å². The molecule has 1 rings (SSSR count). The quantitative estimate of drug-likeness (QED) is 0.714. The average Bonchev–Trinajstić information content (AvgIpc) is 2.62. The highest BCUT2D eigenvalue weighted by molar-refractivity contribution is 4.83. The Morgan fingerprint density at radius 1 is 1.20 bits per heavy atom. The van der Waals surface area contributed by atoms with Crippen molar-refractivity contribution in [1.29, 1.82) is 0 Å². The van der Waals surface area contributed by atoms with E-state index in [0.717, 1.165) is 12.5 Å². The van der Waals surface area contributed by atoms with Crippen LogP contribution in [0.25, 0.3) is 0 Å². The third-order valence-corrected chi connectivity index (χ3v) is 4.91. The van der Waals surface area contributed by atoms with Gasteiger partial charge in [0.2, 0.25) is 0 Å². The van der Waals surface area contributed by atoms with E-state index < -0.39 is 0 Å². The second-order valence-electron chi connectivity index (χ2n) is 7.58. The van der Waals surface area contributed by atoms with Gasteiger partial charge in [-0.15, -0.1) is 0 Å². The molecule has 2 heteroatoms. The zero-order valence-corrected chi connectivity index (χ0v) is 14.7. The molecular weight excluding hydrogens is 244 g/mol. The Bertz CT molecular complexity index is 252. The molecule has 0 aromatic heterocycles. The smallest absolute Gasteiger partial charge is 0.00475 e. The summed E-state index contributed by atoms with van der Waals surface area (Å²) in [6, 6.07) is 0.597. The van der Waals surface area contributed by atoms with Gasteiger partial charge in [-0.2, -0.15) is 0 Å².